The number of sulfonamides is 1. The van der Waals surface area contributed by atoms with E-state index in [1.54, 1.807) is 12.1 Å². The predicted octanol–water partition coefficient (Wildman–Crippen LogP) is 3.91. The molecule has 2 aromatic rings. The van der Waals surface area contributed by atoms with Crippen molar-refractivity contribution in [3.05, 3.63) is 63.6 Å². The molecule has 0 radical (unpaired) electrons. The summed E-state index contributed by atoms with van der Waals surface area (Å²) in [6, 6.07) is 10.8. The zero-order chi connectivity index (χ0) is 18.8. The van der Waals surface area contributed by atoms with E-state index >= 15 is 0 Å². The molecule has 25 heavy (non-hydrogen) atoms. The zero-order valence-electron chi connectivity index (χ0n) is 13.9. The molecule has 0 aliphatic rings. The van der Waals surface area contributed by atoms with Gasteiger partial charge in [-0.3, -0.25) is 10.2 Å². The smallest absolute Gasteiger partial charge is 0.267 e. The lowest BCUT2D eigenvalue weighted by atomic mass is 9.87. The average Bonchev–Trinajstić information content (AvgIpc) is 2.54. The molecule has 0 heterocycles. The Hall–Kier alpha value is -1.60. The third kappa shape index (κ3) is 4.95. The van der Waals surface area contributed by atoms with Crippen LogP contribution < -0.4 is 10.3 Å². The Morgan fingerprint density at radius 1 is 1.00 bits per heavy atom. The molecule has 2 aromatic carbocycles. The Labute approximate surface area is 157 Å². The first kappa shape index (κ1) is 19.7. The molecule has 2 N–H and O–H groups in total. The summed E-state index contributed by atoms with van der Waals surface area (Å²) in [6.07, 6.45) is 0. The van der Waals surface area contributed by atoms with Crippen LogP contribution in [0.1, 0.15) is 36.7 Å². The summed E-state index contributed by atoms with van der Waals surface area (Å²) < 4.78 is 24.6. The molecule has 0 bridgehead atoms. The van der Waals surface area contributed by atoms with Gasteiger partial charge in [-0.15, -0.1) is 4.83 Å². The third-order valence-electron chi connectivity index (χ3n) is 3.50. The minimum Gasteiger partial charge on any atom is -0.273 e. The third-order valence-corrected chi connectivity index (χ3v) is 5.33. The lowest BCUT2D eigenvalue weighted by molar-refractivity contribution is 0.0945. The standard InChI is InChI=1S/C17H18Cl2N2O3S/c1-17(2,3)11-4-7-13(8-5-11)25(23,24)21-20-16(22)14-10-12(18)6-9-15(14)19/h4-10,21H,1-3H3,(H,20,22). The van der Waals surface area contributed by atoms with Crippen molar-refractivity contribution in [2.75, 3.05) is 0 Å². The van der Waals surface area contributed by atoms with Gasteiger partial charge in [-0.1, -0.05) is 56.1 Å². The van der Waals surface area contributed by atoms with Crippen LogP contribution in [0.5, 0.6) is 0 Å². The number of hydrazine groups is 1. The number of carbonyl (C=O) groups excluding carboxylic acids is 1. The predicted molar refractivity (Wildman–Crippen MR) is 99.4 cm³/mol. The van der Waals surface area contributed by atoms with E-state index < -0.39 is 15.9 Å². The highest BCUT2D eigenvalue weighted by molar-refractivity contribution is 7.89. The Morgan fingerprint density at radius 2 is 1.60 bits per heavy atom. The number of hydrogen-bond donors (Lipinski definition) is 2. The fraction of sp³-hybridized carbons (Fsp3) is 0.235. The molecule has 134 valence electrons. The second kappa shape index (κ2) is 7.33. The number of carbonyl (C=O) groups is 1. The van der Waals surface area contributed by atoms with Gasteiger partial charge in [-0.2, -0.15) is 0 Å². The lowest BCUT2D eigenvalue weighted by Crippen LogP contribution is -2.41. The molecule has 0 saturated carbocycles. The van der Waals surface area contributed by atoms with Crippen molar-refractivity contribution < 1.29 is 13.2 Å². The quantitative estimate of drug-likeness (QED) is 0.763. The maximum atomic E-state index is 12.3. The van der Waals surface area contributed by atoms with Crippen LogP contribution >= 0.6 is 23.2 Å². The first-order valence-electron chi connectivity index (χ1n) is 7.38. The first-order chi connectivity index (χ1) is 11.5. The minimum absolute atomic E-state index is 0.0398. The van der Waals surface area contributed by atoms with Crippen LogP contribution in [0.3, 0.4) is 0 Å². The van der Waals surface area contributed by atoms with Crippen LogP contribution in [0.15, 0.2) is 47.4 Å². The van der Waals surface area contributed by atoms with Gasteiger partial charge in [0.2, 0.25) is 0 Å². The number of amides is 1. The number of halogens is 2. The van der Waals surface area contributed by atoms with Crippen molar-refractivity contribution in [2.45, 2.75) is 31.1 Å². The highest BCUT2D eigenvalue weighted by Crippen LogP contribution is 2.23. The molecule has 5 nitrogen and oxygen atoms in total. The molecular formula is C17H18Cl2N2O3S. The molecule has 1 amide bonds. The van der Waals surface area contributed by atoms with E-state index in [0.717, 1.165) is 5.56 Å². The van der Waals surface area contributed by atoms with Crippen molar-refractivity contribution in [3.63, 3.8) is 0 Å². The molecule has 0 unspecified atom stereocenters. The van der Waals surface area contributed by atoms with Crippen molar-refractivity contribution in [3.8, 4) is 0 Å². The highest BCUT2D eigenvalue weighted by Gasteiger charge is 2.19. The van der Waals surface area contributed by atoms with Crippen LogP contribution in [-0.4, -0.2) is 14.3 Å². The molecule has 8 heteroatoms. The Bertz CT molecular complexity index is 889. The molecule has 0 atom stereocenters. The van der Waals surface area contributed by atoms with E-state index in [9.17, 15) is 13.2 Å². The van der Waals surface area contributed by atoms with E-state index in [1.807, 2.05) is 25.6 Å². The fourth-order valence-electron chi connectivity index (χ4n) is 2.05. The van der Waals surface area contributed by atoms with Gasteiger partial charge < -0.3 is 0 Å². The van der Waals surface area contributed by atoms with Gasteiger partial charge in [-0.25, -0.2) is 8.42 Å². The maximum Gasteiger partial charge on any atom is 0.267 e. The Balaban J connectivity index is 2.14. The SMILES string of the molecule is CC(C)(C)c1ccc(S(=O)(=O)NNC(=O)c2cc(Cl)ccc2Cl)cc1. The fourth-order valence-corrected chi connectivity index (χ4v) is 3.26. The van der Waals surface area contributed by atoms with Crippen molar-refractivity contribution in [2.24, 2.45) is 0 Å². The largest absolute Gasteiger partial charge is 0.273 e. The van der Waals surface area contributed by atoms with Gasteiger partial charge in [0.1, 0.15) is 0 Å². The van der Waals surface area contributed by atoms with Crippen LogP contribution in [0.4, 0.5) is 0 Å². The van der Waals surface area contributed by atoms with Gasteiger partial charge in [-0.05, 0) is 41.3 Å². The molecule has 0 fully saturated rings. The molecule has 0 aromatic heterocycles. The van der Waals surface area contributed by atoms with E-state index in [0.29, 0.717) is 5.02 Å². The molecular weight excluding hydrogens is 383 g/mol. The monoisotopic (exact) mass is 400 g/mol. The number of hydrogen-bond acceptors (Lipinski definition) is 3. The molecule has 0 saturated heterocycles. The van der Waals surface area contributed by atoms with Gasteiger partial charge >= 0.3 is 0 Å². The van der Waals surface area contributed by atoms with Crippen LogP contribution in [-0.2, 0) is 15.4 Å². The van der Waals surface area contributed by atoms with Crippen LogP contribution in [0.25, 0.3) is 0 Å². The Kier molecular flexibility index (Phi) is 5.79. The average molecular weight is 401 g/mol. The van der Waals surface area contributed by atoms with Crippen molar-refractivity contribution in [1.29, 1.82) is 0 Å². The van der Waals surface area contributed by atoms with Gasteiger partial charge in [0.15, 0.2) is 0 Å². The normalized spacial score (nSPS) is 12.0. The van der Waals surface area contributed by atoms with Crippen LogP contribution in [0, 0.1) is 0 Å². The van der Waals surface area contributed by atoms with Crippen LogP contribution in [0.2, 0.25) is 10.0 Å². The van der Waals surface area contributed by atoms with E-state index in [2.05, 4.69) is 5.43 Å². The van der Waals surface area contributed by atoms with Gasteiger partial charge in [0, 0.05) is 5.02 Å². The summed E-state index contributed by atoms with van der Waals surface area (Å²) in [6.45, 7) is 6.09. The summed E-state index contributed by atoms with van der Waals surface area (Å²) in [5, 5.41) is 0.478. The highest BCUT2D eigenvalue weighted by atomic mass is 35.5. The van der Waals surface area contributed by atoms with Crippen molar-refractivity contribution >= 4 is 39.1 Å². The van der Waals surface area contributed by atoms with E-state index in [1.165, 1.54) is 30.3 Å². The second-order valence-electron chi connectivity index (χ2n) is 6.46. The number of benzene rings is 2. The van der Waals surface area contributed by atoms with Gasteiger partial charge in [0.05, 0.1) is 15.5 Å². The Morgan fingerprint density at radius 3 is 2.16 bits per heavy atom. The van der Waals surface area contributed by atoms with Gasteiger partial charge in [0.25, 0.3) is 15.9 Å². The maximum absolute atomic E-state index is 12.3. The molecule has 0 spiro atoms. The topological polar surface area (TPSA) is 75.3 Å². The summed E-state index contributed by atoms with van der Waals surface area (Å²) in [5.74, 6) is -0.706. The van der Waals surface area contributed by atoms with E-state index in [-0.39, 0.29) is 20.9 Å². The molecule has 0 aliphatic heterocycles. The summed E-state index contributed by atoms with van der Waals surface area (Å²) in [7, 11) is -3.91. The van der Waals surface area contributed by atoms with Crippen molar-refractivity contribution in [1.82, 2.24) is 10.3 Å². The molecule has 2 rings (SSSR count). The second-order valence-corrected chi connectivity index (χ2v) is 8.98. The minimum atomic E-state index is -3.91. The first-order valence-corrected chi connectivity index (χ1v) is 9.62. The zero-order valence-corrected chi connectivity index (χ0v) is 16.3. The summed E-state index contributed by atoms with van der Waals surface area (Å²) in [4.78, 5) is 14.2. The van der Waals surface area contributed by atoms with E-state index in [4.69, 9.17) is 23.2 Å². The molecule has 0 aliphatic carbocycles. The summed E-state index contributed by atoms with van der Waals surface area (Å²) >= 11 is 11.7. The number of nitrogens with one attached hydrogen (secondary N) is 2. The summed E-state index contributed by atoms with van der Waals surface area (Å²) in [5.41, 5.74) is 3.11. The number of rotatable bonds is 4. The lowest BCUT2D eigenvalue weighted by Gasteiger charge is -2.19.